The molecule has 6 heteroatoms. The summed E-state index contributed by atoms with van der Waals surface area (Å²) >= 11 is 5.88. The fourth-order valence-corrected chi connectivity index (χ4v) is 3.44. The molecule has 1 aliphatic rings. The van der Waals surface area contributed by atoms with Crippen molar-refractivity contribution in [2.45, 2.75) is 44.2 Å². The van der Waals surface area contributed by atoms with Crippen molar-refractivity contribution in [2.75, 3.05) is 0 Å². The normalized spacial score (nSPS) is 15.7. The molecule has 0 radical (unpaired) electrons. The molecule has 142 valence electrons. The van der Waals surface area contributed by atoms with E-state index >= 15 is 0 Å². The van der Waals surface area contributed by atoms with Gasteiger partial charge in [-0.1, -0.05) is 30.2 Å². The number of hydrogen-bond donors (Lipinski definition) is 2. The molecule has 1 aliphatic carbocycles. The third-order valence-corrected chi connectivity index (χ3v) is 4.98. The first-order chi connectivity index (χ1) is 13.0. The van der Waals surface area contributed by atoms with E-state index in [9.17, 15) is 9.59 Å². The van der Waals surface area contributed by atoms with Gasteiger partial charge in [0.05, 0.1) is 6.10 Å². The van der Waals surface area contributed by atoms with E-state index in [-0.39, 0.29) is 11.9 Å². The van der Waals surface area contributed by atoms with E-state index in [1.165, 1.54) is 19.3 Å². The van der Waals surface area contributed by atoms with Crippen molar-refractivity contribution in [1.82, 2.24) is 5.32 Å². The molecule has 5 nitrogen and oxygen atoms in total. The maximum atomic E-state index is 12.9. The number of ketones is 1. The van der Waals surface area contributed by atoms with E-state index in [2.05, 4.69) is 5.32 Å². The first kappa shape index (κ1) is 19.2. The van der Waals surface area contributed by atoms with Crippen LogP contribution in [0.15, 0.2) is 48.5 Å². The highest BCUT2D eigenvalue weighted by Gasteiger charge is 2.24. The summed E-state index contributed by atoms with van der Waals surface area (Å²) in [5, 5.41) is 11.9. The second-order valence-corrected chi connectivity index (χ2v) is 7.14. The van der Waals surface area contributed by atoms with Crippen molar-refractivity contribution in [2.24, 2.45) is 0 Å². The molecule has 0 bridgehead atoms. The zero-order valence-corrected chi connectivity index (χ0v) is 15.6. The minimum atomic E-state index is -1.26. The Hall–Kier alpha value is -2.53. The summed E-state index contributed by atoms with van der Waals surface area (Å²) in [4.78, 5) is 24.0. The Kier molecular flexibility index (Phi) is 6.35. The smallest absolute Gasteiger partial charge is 0.405 e. The molecular formula is C21H22ClNO4. The topological polar surface area (TPSA) is 75.6 Å². The number of Topliss-reactive ketones (excluding diaryl/α,β-unsaturated/α-hetero) is 1. The van der Waals surface area contributed by atoms with Crippen molar-refractivity contribution >= 4 is 23.5 Å². The lowest BCUT2D eigenvalue weighted by Crippen LogP contribution is -2.32. The Morgan fingerprint density at radius 3 is 2.22 bits per heavy atom. The van der Waals surface area contributed by atoms with E-state index in [1.54, 1.807) is 48.5 Å². The summed E-state index contributed by atoms with van der Waals surface area (Å²) in [5.74, 6) is 0.400. The molecule has 1 unspecified atom stereocenters. The van der Waals surface area contributed by atoms with Crippen LogP contribution >= 0.6 is 11.6 Å². The van der Waals surface area contributed by atoms with Gasteiger partial charge in [-0.3, -0.25) is 4.79 Å². The number of carbonyl (C=O) groups excluding carboxylic acids is 1. The number of benzene rings is 2. The predicted molar refractivity (Wildman–Crippen MR) is 104 cm³/mol. The minimum absolute atomic E-state index is 0.232. The summed E-state index contributed by atoms with van der Waals surface area (Å²) in [5.41, 5.74) is 0.953. The quantitative estimate of drug-likeness (QED) is 0.664. The van der Waals surface area contributed by atoms with E-state index < -0.39 is 12.1 Å². The lowest BCUT2D eigenvalue weighted by Gasteiger charge is -2.23. The lowest BCUT2D eigenvalue weighted by molar-refractivity contribution is 0.0936. The van der Waals surface area contributed by atoms with E-state index in [1.807, 2.05) is 0 Å². The monoisotopic (exact) mass is 387 g/mol. The summed E-state index contributed by atoms with van der Waals surface area (Å²) in [6.07, 6.45) is 4.71. The Balaban J connectivity index is 1.74. The second-order valence-electron chi connectivity index (χ2n) is 6.70. The van der Waals surface area contributed by atoms with Crippen LogP contribution < -0.4 is 10.1 Å². The van der Waals surface area contributed by atoms with Crippen LogP contribution in [-0.2, 0) is 0 Å². The molecule has 1 atom stereocenters. The Bertz CT molecular complexity index is 783. The van der Waals surface area contributed by atoms with Crippen molar-refractivity contribution < 1.29 is 19.4 Å². The molecular weight excluding hydrogens is 366 g/mol. The summed E-state index contributed by atoms with van der Waals surface area (Å²) in [6.45, 7) is 0. The van der Waals surface area contributed by atoms with E-state index in [0.717, 1.165) is 18.6 Å². The van der Waals surface area contributed by atoms with Crippen LogP contribution in [0.4, 0.5) is 4.79 Å². The van der Waals surface area contributed by atoms with Gasteiger partial charge in [-0.2, -0.15) is 0 Å². The van der Waals surface area contributed by atoms with Crippen molar-refractivity contribution in [1.29, 1.82) is 0 Å². The first-order valence-electron chi connectivity index (χ1n) is 9.09. The zero-order chi connectivity index (χ0) is 19.2. The lowest BCUT2D eigenvalue weighted by atomic mass is 9.97. The number of carboxylic acid groups (broad SMARTS) is 1. The second kappa shape index (κ2) is 8.91. The molecule has 0 spiro atoms. The minimum Gasteiger partial charge on any atom is -0.490 e. The molecule has 0 saturated heterocycles. The maximum Gasteiger partial charge on any atom is 0.405 e. The maximum absolute atomic E-state index is 12.9. The van der Waals surface area contributed by atoms with Gasteiger partial charge < -0.3 is 15.2 Å². The van der Waals surface area contributed by atoms with Crippen LogP contribution in [0.2, 0.25) is 5.02 Å². The van der Waals surface area contributed by atoms with Crippen molar-refractivity contribution in [3.05, 3.63) is 64.7 Å². The molecule has 1 saturated carbocycles. The standard InChI is InChI=1S/C21H22ClNO4/c22-16-10-6-14(7-11-16)19(23-21(25)26)20(24)15-8-12-18(13-9-15)27-17-4-2-1-3-5-17/h6-13,17,19,23H,1-5H2,(H,25,26). The van der Waals surface area contributed by atoms with Crippen LogP contribution in [0.25, 0.3) is 0 Å². The summed E-state index contributed by atoms with van der Waals surface area (Å²) in [6, 6.07) is 12.4. The largest absolute Gasteiger partial charge is 0.490 e. The molecule has 2 N–H and O–H groups in total. The SMILES string of the molecule is O=C(O)NC(C(=O)c1ccc(OC2CCCCC2)cc1)c1ccc(Cl)cc1. The average Bonchev–Trinajstić information content (AvgIpc) is 2.68. The average molecular weight is 388 g/mol. The van der Waals surface area contributed by atoms with E-state index in [0.29, 0.717) is 16.1 Å². The highest BCUT2D eigenvalue weighted by Crippen LogP contribution is 2.25. The van der Waals surface area contributed by atoms with Gasteiger partial charge in [0, 0.05) is 10.6 Å². The van der Waals surface area contributed by atoms with Gasteiger partial charge in [0.2, 0.25) is 0 Å². The summed E-state index contributed by atoms with van der Waals surface area (Å²) in [7, 11) is 0. The highest BCUT2D eigenvalue weighted by molar-refractivity contribution is 6.30. The number of nitrogens with one attached hydrogen (secondary N) is 1. The molecule has 0 aliphatic heterocycles. The molecule has 27 heavy (non-hydrogen) atoms. The van der Waals surface area contributed by atoms with Crippen molar-refractivity contribution in [3.63, 3.8) is 0 Å². The summed E-state index contributed by atoms with van der Waals surface area (Å²) < 4.78 is 5.98. The van der Waals surface area contributed by atoms with Gasteiger partial charge in [0.15, 0.2) is 5.78 Å². The van der Waals surface area contributed by atoms with Crippen LogP contribution in [0.3, 0.4) is 0 Å². The molecule has 2 aromatic rings. The molecule has 3 rings (SSSR count). The number of ether oxygens (including phenoxy) is 1. The molecule has 1 amide bonds. The van der Waals surface area contributed by atoms with Crippen LogP contribution in [-0.4, -0.2) is 23.1 Å². The van der Waals surface area contributed by atoms with Crippen LogP contribution in [0.5, 0.6) is 5.75 Å². The zero-order valence-electron chi connectivity index (χ0n) is 14.9. The van der Waals surface area contributed by atoms with E-state index in [4.69, 9.17) is 21.4 Å². The van der Waals surface area contributed by atoms with Gasteiger partial charge in [-0.15, -0.1) is 0 Å². The first-order valence-corrected chi connectivity index (χ1v) is 9.46. The fraction of sp³-hybridized carbons (Fsp3) is 0.333. The number of hydrogen-bond acceptors (Lipinski definition) is 3. The van der Waals surface area contributed by atoms with Gasteiger partial charge >= 0.3 is 6.09 Å². The number of carbonyl (C=O) groups is 2. The highest BCUT2D eigenvalue weighted by atomic mass is 35.5. The number of amides is 1. The Morgan fingerprint density at radius 1 is 1.00 bits per heavy atom. The molecule has 0 heterocycles. The third-order valence-electron chi connectivity index (χ3n) is 4.73. The Labute approximate surface area is 163 Å². The van der Waals surface area contributed by atoms with Crippen LogP contribution in [0.1, 0.15) is 54.1 Å². The number of halogens is 1. The molecule has 2 aromatic carbocycles. The Morgan fingerprint density at radius 2 is 1.63 bits per heavy atom. The fourth-order valence-electron chi connectivity index (χ4n) is 3.32. The van der Waals surface area contributed by atoms with Gasteiger partial charge in [0.25, 0.3) is 0 Å². The predicted octanol–water partition coefficient (Wildman–Crippen LogP) is 5.24. The molecule has 1 fully saturated rings. The third kappa shape index (κ3) is 5.23. The number of rotatable bonds is 6. The van der Waals surface area contributed by atoms with Crippen molar-refractivity contribution in [3.8, 4) is 5.75 Å². The van der Waals surface area contributed by atoms with Crippen LogP contribution in [0, 0.1) is 0 Å². The van der Waals surface area contributed by atoms with Gasteiger partial charge in [-0.05, 0) is 67.6 Å². The molecule has 0 aromatic heterocycles. The van der Waals surface area contributed by atoms with Gasteiger partial charge in [0.1, 0.15) is 11.8 Å². The van der Waals surface area contributed by atoms with Gasteiger partial charge in [-0.25, -0.2) is 4.79 Å².